The molecule has 7 heteroatoms. The quantitative estimate of drug-likeness (QED) is 0.352. The number of halogens is 1. The molecule has 0 saturated heterocycles. The molecule has 6 nitrogen and oxygen atoms in total. The monoisotopic (exact) mass is 401 g/mol. The summed E-state index contributed by atoms with van der Waals surface area (Å²) >= 11 is 5.98. The number of hydrazone groups is 1. The summed E-state index contributed by atoms with van der Waals surface area (Å²) in [4.78, 5) is 23.7. The molecular formula is C21H24ClN3O3. The number of carbonyl (C=O) groups excluding carboxylic acids is 2. The number of rotatable bonds is 10. The normalized spacial score (nSPS) is 10.6. The van der Waals surface area contributed by atoms with Gasteiger partial charge < -0.3 is 10.1 Å². The molecule has 0 spiro atoms. The van der Waals surface area contributed by atoms with Gasteiger partial charge in [0, 0.05) is 12.8 Å². The van der Waals surface area contributed by atoms with E-state index in [2.05, 4.69) is 22.8 Å². The van der Waals surface area contributed by atoms with E-state index in [9.17, 15) is 9.59 Å². The molecule has 0 aliphatic heterocycles. The number of carbonyl (C=O) groups is 2. The van der Waals surface area contributed by atoms with E-state index >= 15 is 0 Å². The minimum absolute atomic E-state index is 0.0256. The minimum atomic E-state index is -0.343. The Morgan fingerprint density at radius 3 is 2.50 bits per heavy atom. The topological polar surface area (TPSA) is 79.8 Å². The molecule has 0 fully saturated rings. The fraction of sp³-hybridized carbons (Fsp3) is 0.286. The van der Waals surface area contributed by atoms with Gasteiger partial charge in [0.25, 0.3) is 0 Å². The molecule has 0 radical (unpaired) electrons. The van der Waals surface area contributed by atoms with Gasteiger partial charge in [-0.1, -0.05) is 37.1 Å². The summed E-state index contributed by atoms with van der Waals surface area (Å²) in [6.45, 7) is 2.81. The molecule has 0 bridgehead atoms. The van der Waals surface area contributed by atoms with Gasteiger partial charge in [0.15, 0.2) is 0 Å². The van der Waals surface area contributed by atoms with Gasteiger partial charge in [-0.15, -0.1) is 0 Å². The third-order valence-corrected chi connectivity index (χ3v) is 4.11. The van der Waals surface area contributed by atoms with E-state index in [1.165, 1.54) is 6.21 Å². The number of nitrogens with one attached hydrogen (secondary N) is 2. The Labute approximate surface area is 169 Å². The molecule has 2 rings (SSSR count). The van der Waals surface area contributed by atoms with Crippen molar-refractivity contribution in [2.24, 2.45) is 5.10 Å². The zero-order valence-electron chi connectivity index (χ0n) is 15.8. The summed E-state index contributed by atoms with van der Waals surface area (Å²) in [6, 6.07) is 14.4. The number of anilines is 1. The van der Waals surface area contributed by atoms with Gasteiger partial charge in [-0.3, -0.25) is 9.59 Å². The first-order valence-corrected chi connectivity index (χ1v) is 9.55. The van der Waals surface area contributed by atoms with E-state index < -0.39 is 0 Å². The molecule has 2 amide bonds. The van der Waals surface area contributed by atoms with Gasteiger partial charge in [0.2, 0.25) is 11.8 Å². The second kappa shape index (κ2) is 11.8. The van der Waals surface area contributed by atoms with Crippen molar-refractivity contribution in [1.29, 1.82) is 0 Å². The summed E-state index contributed by atoms with van der Waals surface area (Å²) in [5.41, 5.74) is 3.77. The Balaban J connectivity index is 1.70. The lowest BCUT2D eigenvalue weighted by molar-refractivity contribution is -0.124. The average molecular weight is 402 g/mol. The van der Waals surface area contributed by atoms with Crippen molar-refractivity contribution in [3.8, 4) is 5.75 Å². The fourth-order valence-electron chi connectivity index (χ4n) is 2.22. The van der Waals surface area contributed by atoms with Crippen LogP contribution in [-0.4, -0.2) is 24.6 Å². The van der Waals surface area contributed by atoms with Crippen LogP contribution in [-0.2, 0) is 9.59 Å². The van der Waals surface area contributed by atoms with Crippen LogP contribution >= 0.6 is 11.6 Å². The first-order valence-electron chi connectivity index (χ1n) is 9.17. The Kier molecular flexibility index (Phi) is 9.01. The predicted molar refractivity (Wildman–Crippen MR) is 112 cm³/mol. The highest BCUT2D eigenvalue weighted by atomic mass is 35.5. The number of hydrogen-bond donors (Lipinski definition) is 2. The third-order valence-electron chi connectivity index (χ3n) is 3.78. The van der Waals surface area contributed by atoms with E-state index in [1.807, 2.05) is 24.3 Å². The van der Waals surface area contributed by atoms with Crippen LogP contribution in [0.15, 0.2) is 53.6 Å². The van der Waals surface area contributed by atoms with E-state index in [4.69, 9.17) is 16.3 Å². The maximum absolute atomic E-state index is 11.9. The number of ether oxygens (including phenoxy) is 1. The van der Waals surface area contributed by atoms with Gasteiger partial charge in [0.1, 0.15) is 5.75 Å². The zero-order valence-corrected chi connectivity index (χ0v) is 16.5. The van der Waals surface area contributed by atoms with Crippen LogP contribution in [0.2, 0.25) is 5.02 Å². The second-order valence-electron chi connectivity index (χ2n) is 6.09. The molecule has 0 aliphatic carbocycles. The van der Waals surface area contributed by atoms with Crippen LogP contribution in [0.5, 0.6) is 5.75 Å². The summed E-state index contributed by atoms with van der Waals surface area (Å²) in [5, 5.41) is 7.02. The molecular weight excluding hydrogens is 378 g/mol. The molecule has 2 aromatic rings. The molecule has 2 aromatic carbocycles. The third kappa shape index (κ3) is 7.80. The largest absolute Gasteiger partial charge is 0.494 e. The second-order valence-corrected chi connectivity index (χ2v) is 6.50. The van der Waals surface area contributed by atoms with Crippen LogP contribution in [0, 0.1) is 0 Å². The lowest BCUT2D eigenvalue weighted by atomic mass is 10.2. The van der Waals surface area contributed by atoms with Crippen LogP contribution in [0.3, 0.4) is 0 Å². The molecule has 0 saturated carbocycles. The Morgan fingerprint density at radius 1 is 1.07 bits per heavy atom. The maximum Gasteiger partial charge on any atom is 0.240 e. The minimum Gasteiger partial charge on any atom is -0.494 e. The smallest absolute Gasteiger partial charge is 0.240 e. The first-order chi connectivity index (χ1) is 13.6. The molecule has 0 aliphatic rings. The number of unbranched alkanes of at least 4 members (excludes halogenated alkanes) is 1. The number of para-hydroxylation sites is 1. The Morgan fingerprint density at radius 2 is 1.79 bits per heavy atom. The van der Waals surface area contributed by atoms with Gasteiger partial charge in [0.05, 0.1) is 23.5 Å². The summed E-state index contributed by atoms with van der Waals surface area (Å²) in [6.07, 6.45) is 3.71. The van der Waals surface area contributed by atoms with Crippen molar-refractivity contribution >= 4 is 35.3 Å². The standard InChI is InChI=1S/C21H24ClN3O3/c1-2-3-14-28-17-10-8-16(9-11-17)15-23-25-21(27)13-12-20(26)24-19-7-5-4-6-18(19)22/h4-11,15H,2-3,12-14H2,1H3,(H,24,26)(H,25,27). The average Bonchev–Trinajstić information content (AvgIpc) is 2.69. The molecule has 0 unspecified atom stereocenters. The highest BCUT2D eigenvalue weighted by Crippen LogP contribution is 2.20. The number of benzene rings is 2. The molecule has 148 valence electrons. The Bertz CT molecular complexity index is 807. The molecule has 0 heterocycles. The van der Waals surface area contributed by atoms with Crippen molar-refractivity contribution in [2.75, 3.05) is 11.9 Å². The van der Waals surface area contributed by atoms with E-state index in [-0.39, 0.29) is 24.7 Å². The zero-order chi connectivity index (χ0) is 20.2. The summed E-state index contributed by atoms with van der Waals surface area (Å²) in [7, 11) is 0. The van der Waals surface area contributed by atoms with Crippen molar-refractivity contribution in [1.82, 2.24) is 5.43 Å². The van der Waals surface area contributed by atoms with Crippen LogP contribution in [0.25, 0.3) is 0 Å². The Hall–Kier alpha value is -2.86. The molecule has 0 atom stereocenters. The van der Waals surface area contributed by atoms with Gasteiger partial charge in [-0.2, -0.15) is 5.10 Å². The molecule has 28 heavy (non-hydrogen) atoms. The lowest BCUT2D eigenvalue weighted by Crippen LogP contribution is -2.20. The lowest BCUT2D eigenvalue weighted by Gasteiger charge is -2.06. The maximum atomic E-state index is 11.9. The van der Waals surface area contributed by atoms with E-state index in [1.54, 1.807) is 24.3 Å². The van der Waals surface area contributed by atoms with Gasteiger partial charge in [-0.25, -0.2) is 5.43 Å². The number of amides is 2. The van der Waals surface area contributed by atoms with E-state index in [0.29, 0.717) is 17.3 Å². The summed E-state index contributed by atoms with van der Waals surface area (Å²) < 4.78 is 5.59. The molecule has 2 N–H and O–H groups in total. The fourth-order valence-corrected chi connectivity index (χ4v) is 2.40. The van der Waals surface area contributed by atoms with Crippen molar-refractivity contribution in [3.63, 3.8) is 0 Å². The first kappa shape index (κ1) is 21.4. The number of hydrogen-bond acceptors (Lipinski definition) is 4. The van der Waals surface area contributed by atoms with Crippen molar-refractivity contribution < 1.29 is 14.3 Å². The van der Waals surface area contributed by atoms with Crippen LogP contribution in [0.4, 0.5) is 5.69 Å². The highest BCUT2D eigenvalue weighted by molar-refractivity contribution is 6.33. The predicted octanol–water partition coefficient (Wildman–Crippen LogP) is 4.39. The van der Waals surface area contributed by atoms with E-state index in [0.717, 1.165) is 24.2 Å². The van der Waals surface area contributed by atoms with Gasteiger partial charge >= 0.3 is 0 Å². The van der Waals surface area contributed by atoms with Crippen LogP contribution in [0.1, 0.15) is 38.2 Å². The van der Waals surface area contributed by atoms with Gasteiger partial charge in [-0.05, 0) is 48.4 Å². The van der Waals surface area contributed by atoms with Crippen LogP contribution < -0.4 is 15.5 Å². The van der Waals surface area contributed by atoms with Crippen molar-refractivity contribution in [3.05, 3.63) is 59.1 Å². The highest BCUT2D eigenvalue weighted by Gasteiger charge is 2.08. The molecule has 0 aromatic heterocycles. The SMILES string of the molecule is CCCCOc1ccc(C=NNC(=O)CCC(=O)Nc2ccccc2Cl)cc1. The van der Waals surface area contributed by atoms with Crippen molar-refractivity contribution in [2.45, 2.75) is 32.6 Å². The summed E-state index contributed by atoms with van der Waals surface area (Å²) in [5.74, 6) is 0.176. The number of nitrogens with zero attached hydrogens (tertiary/aromatic N) is 1.